The molecule has 8 rings (SSSR count). The minimum Gasteiger partial charge on any atom is -0.482 e. The summed E-state index contributed by atoms with van der Waals surface area (Å²) >= 11 is 0. The average molecular weight is 777 g/mol. The largest absolute Gasteiger partial charge is 0.482 e. The number of rotatable bonds is 11. The van der Waals surface area contributed by atoms with E-state index in [0.29, 0.717) is 47.0 Å². The third kappa shape index (κ3) is 6.34. The van der Waals surface area contributed by atoms with Crippen LogP contribution < -0.4 is 14.5 Å². The second kappa shape index (κ2) is 14.4. The summed E-state index contributed by atoms with van der Waals surface area (Å²) < 4.78 is 30.6. The van der Waals surface area contributed by atoms with E-state index in [4.69, 9.17) is 9.47 Å². The van der Waals surface area contributed by atoms with Crippen LogP contribution in [0.5, 0.6) is 5.75 Å². The quantitative estimate of drug-likeness (QED) is 0.0662. The lowest BCUT2D eigenvalue weighted by molar-refractivity contribution is -0.385. The van der Waals surface area contributed by atoms with E-state index in [1.54, 1.807) is 58.0 Å². The molecule has 1 saturated heterocycles. The highest BCUT2D eigenvalue weighted by Crippen LogP contribution is 2.60. The number of benzene rings is 4. The number of nitro benzene ring substituents is 1. The van der Waals surface area contributed by atoms with Crippen LogP contribution in [0.3, 0.4) is 0 Å². The molecule has 4 heterocycles. The molecule has 15 heteroatoms. The number of ether oxygens (including phenoxy) is 2. The van der Waals surface area contributed by atoms with Gasteiger partial charge in [0.25, 0.3) is 17.5 Å². The van der Waals surface area contributed by atoms with E-state index < -0.39 is 42.4 Å². The number of amides is 2. The lowest BCUT2D eigenvalue weighted by Crippen LogP contribution is -2.45. The van der Waals surface area contributed by atoms with Crippen molar-refractivity contribution < 1.29 is 33.2 Å². The van der Waals surface area contributed by atoms with Crippen LogP contribution in [0.15, 0.2) is 103 Å². The van der Waals surface area contributed by atoms with E-state index in [1.807, 2.05) is 67.6 Å². The van der Waals surface area contributed by atoms with E-state index in [2.05, 4.69) is 10.3 Å². The molecule has 5 atom stereocenters. The van der Waals surface area contributed by atoms with Crippen LogP contribution in [0.1, 0.15) is 41.6 Å². The summed E-state index contributed by atoms with van der Waals surface area (Å²) in [5.74, 6) is -1.06. The Labute approximate surface area is 323 Å². The van der Waals surface area contributed by atoms with Gasteiger partial charge in [-0.3, -0.25) is 29.3 Å². The number of nitrogens with zero attached hydrogens (tertiary/aromatic N) is 6. The summed E-state index contributed by atoms with van der Waals surface area (Å²) in [5.41, 5.74) is 1.80. The maximum absolute atomic E-state index is 16.5. The maximum atomic E-state index is 16.5. The van der Waals surface area contributed by atoms with Gasteiger partial charge in [-0.05, 0) is 61.0 Å². The Morgan fingerprint density at radius 2 is 1.75 bits per heavy atom. The van der Waals surface area contributed by atoms with E-state index >= 15 is 4.11 Å². The Morgan fingerprint density at radius 1 is 1.02 bits per heavy atom. The molecular weight excluding hydrogens is 736 g/mol. The predicted molar refractivity (Wildman–Crippen MR) is 208 cm³/mol. The van der Waals surface area contributed by atoms with Gasteiger partial charge in [0.05, 0.1) is 47.2 Å². The molecule has 1 fully saturated rings. The van der Waals surface area contributed by atoms with Crippen molar-refractivity contribution in [3.8, 4) is 5.75 Å². The van der Waals surface area contributed by atoms with Crippen molar-refractivity contribution in [3.05, 3.63) is 136 Å². The Morgan fingerprint density at radius 3 is 2.46 bits per heavy atom. The van der Waals surface area contributed by atoms with Crippen LogP contribution in [0.2, 0.25) is 18.6 Å². The van der Waals surface area contributed by atoms with E-state index in [-0.39, 0.29) is 37.3 Å². The SMILES string of the molecule is C[C@@H]1[C@@H]([Si](C)(C)F)[C@H](CCn2cc(C(CO)c3ccccc3)nn2)O[C@@]12C(=O)N(Cc1ccc(N3C(=O)COc4ccccc43)cc1)c1ccc([N+](=O)[O-])cc12. The molecule has 13 nitrogen and oxygen atoms in total. The number of non-ortho nitro benzene ring substituents is 1. The van der Waals surface area contributed by atoms with E-state index in [1.165, 1.54) is 12.1 Å². The van der Waals surface area contributed by atoms with E-state index in [0.717, 1.165) is 11.1 Å². The van der Waals surface area contributed by atoms with Crippen molar-refractivity contribution in [2.24, 2.45) is 5.92 Å². The molecule has 5 aromatic rings. The molecule has 0 saturated carbocycles. The fraction of sp³-hybridized carbons (Fsp3) is 0.317. The highest BCUT2D eigenvalue weighted by atomic mass is 28.4. The van der Waals surface area contributed by atoms with Gasteiger partial charge in [-0.2, -0.15) is 0 Å². The smallest absolute Gasteiger partial charge is 0.269 e. The number of carbonyl (C=O) groups is 2. The first-order valence-corrected chi connectivity index (χ1v) is 21.5. The zero-order chi connectivity index (χ0) is 39.4. The Bertz CT molecular complexity index is 2300. The number of aliphatic hydroxyl groups excluding tert-OH is 1. The van der Waals surface area contributed by atoms with Gasteiger partial charge in [0.1, 0.15) is 5.75 Å². The van der Waals surface area contributed by atoms with Gasteiger partial charge in [-0.15, -0.1) is 5.10 Å². The molecule has 1 unspecified atom stereocenters. The van der Waals surface area contributed by atoms with Gasteiger partial charge in [0.15, 0.2) is 12.2 Å². The van der Waals surface area contributed by atoms with Crippen LogP contribution in [-0.4, -0.2) is 64.6 Å². The summed E-state index contributed by atoms with van der Waals surface area (Å²) in [7, 11) is -3.53. The van der Waals surface area contributed by atoms with Gasteiger partial charge in [-0.1, -0.05) is 66.7 Å². The lowest BCUT2D eigenvalue weighted by Gasteiger charge is -2.31. The number of carbonyl (C=O) groups excluding carboxylic acids is 2. The minimum absolute atomic E-state index is 0.0942. The first-order valence-electron chi connectivity index (χ1n) is 18.6. The molecule has 288 valence electrons. The first-order chi connectivity index (χ1) is 26.9. The molecule has 3 aliphatic heterocycles. The van der Waals surface area contributed by atoms with Crippen molar-refractivity contribution in [3.63, 3.8) is 0 Å². The molecule has 0 radical (unpaired) electrons. The van der Waals surface area contributed by atoms with Crippen LogP contribution >= 0.6 is 0 Å². The fourth-order valence-corrected chi connectivity index (χ4v) is 11.3. The molecule has 1 aromatic heterocycles. The van der Waals surface area contributed by atoms with Crippen LogP contribution in [0.25, 0.3) is 0 Å². The second-order valence-corrected chi connectivity index (χ2v) is 18.9. The number of aromatic nitrogens is 3. The number of nitro groups is 1. The van der Waals surface area contributed by atoms with E-state index in [9.17, 15) is 24.8 Å². The van der Waals surface area contributed by atoms with Gasteiger partial charge in [-0.25, -0.2) is 0 Å². The fourth-order valence-electron chi connectivity index (χ4n) is 8.79. The second-order valence-electron chi connectivity index (χ2n) is 15.1. The van der Waals surface area contributed by atoms with Crippen molar-refractivity contribution in [2.75, 3.05) is 23.0 Å². The molecule has 0 bridgehead atoms. The van der Waals surface area contributed by atoms with Crippen LogP contribution in [0.4, 0.5) is 26.9 Å². The summed E-state index contributed by atoms with van der Waals surface area (Å²) in [4.78, 5) is 42.6. The Balaban J connectivity index is 1.09. The van der Waals surface area contributed by atoms with Crippen molar-refractivity contribution in [1.82, 2.24) is 15.0 Å². The molecule has 0 aliphatic carbocycles. The van der Waals surface area contributed by atoms with Crippen molar-refractivity contribution >= 4 is 43.0 Å². The third-order valence-electron chi connectivity index (χ3n) is 11.3. The van der Waals surface area contributed by atoms with Gasteiger partial charge in [0.2, 0.25) is 8.41 Å². The molecule has 56 heavy (non-hydrogen) atoms. The number of hydrogen-bond acceptors (Lipinski definition) is 9. The number of halogens is 1. The molecule has 2 amide bonds. The van der Waals surface area contributed by atoms with Gasteiger partial charge in [0, 0.05) is 47.6 Å². The average Bonchev–Trinajstić information content (AvgIpc) is 3.85. The number of para-hydroxylation sites is 2. The third-order valence-corrected chi connectivity index (χ3v) is 13.8. The van der Waals surface area contributed by atoms with Crippen molar-refractivity contribution in [2.45, 2.75) is 62.7 Å². The number of fused-ring (bicyclic) bond motifs is 3. The zero-order valence-corrected chi connectivity index (χ0v) is 32.1. The predicted octanol–water partition coefficient (Wildman–Crippen LogP) is 6.78. The molecular formula is C41H41FN6O7Si. The van der Waals surface area contributed by atoms with Crippen LogP contribution in [0, 0.1) is 16.0 Å². The normalized spacial score (nSPS) is 22.3. The number of hydrogen-bond donors (Lipinski definition) is 1. The van der Waals surface area contributed by atoms with Crippen molar-refractivity contribution in [1.29, 1.82) is 0 Å². The summed E-state index contributed by atoms with van der Waals surface area (Å²) in [6.07, 6.45) is 1.35. The topological polar surface area (TPSA) is 153 Å². The maximum Gasteiger partial charge on any atom is 0.269 e. The molecule has 1 N–H and O–H groups in total. The molecule has 4 aromatic carbocycles. The number of anilines is 3. The number of aliphatic hydroxyl groups is 1. The summed E-state index contributed by atoms with van der Waals surface area (Å²) in [6.45, 7) is 5.18. The zero-order valence-electron chi connectivity index (χ0n) is 31.1. The van der Waals surface area contributed by atoms with Gasteiger partial charge < -0.3 is 23.6 Å². The highest BCUT2D eigenvalue weighted by Gasteiger charge is 2.67. The molecule has 1 spiro atoms. The molecule has 3 aliphatic rings. The Hall–Kier alpha value is -5.77. The monoisotopic (exact) mass is 776 g/mol. The first kappa shape index (κ1) is 37.2. The minimum atomic E-state index is -3.53. The Kier molecular flexibility index (Phi) is 9.54. The summed E-state index contributed by atoms with van der Waals surface area (Å²) in [5, 5.41) is 30.8. The van der Waals surface area contributed by atoms with Gasteiger partial charge >= 0.3 is 0 Å². The van der Waals surface area contributed by atoms with Crippen LogP contribution in [-0.2, 0) is 33.0 Å². The summed E-state index contributed by atoms with van der Waals surface area (Å²) in [6, 6.07) is 28.4. The standard InChI is InChI=1S/C41H41FN6O7Si/c1-26-39(56(2,3)42)37(19-20-45-23-33(43-44-45)31(24-49)28-9-5-4-6-10-28)55-41(26)32-21-30(48(52)53)17-18-34(32)46(40(41)51)22-27-13-15-29(16-14-27)47-35-11-7-8-12-36(35)54-25-38(47)50/h4-18,21,23,26,31,37,39,49H,19-20,22,24-25H2,1-3H3/t26-,31?,37+,39-,41+/m1/s1. The highest BCUT2D eigenvalue weighted by molar-refractivity contribution is 6.72. The lowest BCUT2D eigenvalue weighted by atomic mass is 9.82. The number of aryl methyl sites for hydroxylation is 1.